The van der Waals surface area contributed by atoms with E-state index >= 15 is 0 Å². The Morgan fingerprint density at radius 1 is 0.841 bits per heavy atom. The number of rotatable bonds is 25. The van der Waals surface area contributed by atoms with Gasteiger partial charge in [0, 0.05) is 57.9 Å². The molecule has 0 spiro atoms. The summed E-state index contributed by atoms with van der Waals surface area (Å²) in [5, 5.41) is 3.13. The molecule has 2 amide bonds. The van der Waals surface area contributed by atoms with Gasteiger partial charge in [-0.1, -0.05) is 85.2 Å². The molecular formula is C52H83N3O8. The average molecular weight is 878 g/mol. The molecule has 4 aliphatic carbocycles. The minimum absolute atomic E-state index is 0.00251. The first-order chi connectivity index (χ1) is 30.0. The number of likely N-dealkylation sites (tertiary alicyclic amines) is 1. The van der Waals surface area contributed by atoms with Crippen LogP contribution in [0.25, 0.3) is 0 Å². The van der Waals surface area contributed by atoms with E-state index < -0.39 is 36.0 Å². The second kappa shape index (κ2) is 22.8. The maximum absolute atomic E-state index is 14.5. The Labute approximate surface area is 379 Å². The molecule has 4 saturated carbocycles. The van der Waals surface area contributed by atoms with Crippen LogP contribution in [-0.4, -0.2) is 111 Å². The lowest BCUT2D eigenvalue weighted by Crippen LogP contribution is -2.54. The van der Waals surface area contributed by atoms with Crippen LogP contribution in [0.5, 0.6) is 0 Å². The predicted molar refractivity (Wildman–Crippen MR) is 247 cm³/mol. The van der Waals surface area contributed by atoms with Crippen molar-refractivity contribution >= 4 is 29.4 Å². The van der Waals surface area contributed by atoms with Crippen LogP contribution in [0.3, 0.4) is 0 Å². The lowest BCUT2D eigenvalue weighted by molar-refractivity contribution is -0.161. The van der Waals surface area contributed by atoms with Gasteiger partial charge in [0.05, 0.1) is 49.3 Å². The molecule has 4 bridgehead atoms. The first-order valence-electron chi connectivity index (χ1n) is 24.5. The summed E-state index contributed by atoms with van der Waals surface area (Å²) in [7, 11) is 6.76. The van der Waals surface area contributed by atoms with Gasteiger partial charge in [0.1, 0.15) is 5.78 Å². The molecule has 5 aliphatic rings. The van der Waals surface area contributed by atoms with Gasteiger partial charge in [-0.3, -0.25) is 24.0 Å². The van der Waals surface area contributed by atoms with E-state index in [0.29, 0.717) is 26.0 Å². The third-order valence-corrected chi connectivity index (χ3v) is 16.0. The van der Waals surface area contributed by atoms with Gasteiger partial charge in [0.15, 0.2) is 5.78 Å². The Kier molecular flexibility index (Phi) is 18.4. The summed E-state index contributed by atoms with van der Waals surface area (Å²) in [5.41, 5.74) is 1.07. The largest absolute Gasteiger partial charge is 0.465 e. The molecule has 63 heavy (non-hydrogen) atoms. The van der Waals surface area contributed by atoms with Crippen molar-refractivity contribution in [3.63, 3.8) is 0 Å². The number of nitrogens with zero attached hydrogens (tertiary/aromatic N) is 2. The van der Waals surface area contributed by atoms with Crippen molar-refractivity contribution in [2.24, 2.45) is 58.7 Å². The number of hydrogen-bond donors (Lipinski definition) is 1. The van der Waals surface area contributed by atoms with Gasteiger partial charge in [0.2, 0.25) is 11.8 Å². The van der Waals surface area contributed by atoms with Crippen LogP contribution in [0.2, 0.25) is 0 Å². The first kappa shape index (κ1) is 50.8. The Bertz CT molecular complexity index is 1650. The number of carbonyl (C=O) groups is 5. The number of methoxy groups -OCH3 is 2. The van der Waals surface area contributed by atoms with E-state index in [1.807, 2.05) is 69.9 Å². The maximum Gasteiger partial charge on any atom is 0.309 e. The summed E-state index contributed by atoms with van der Waals surface area (Å²) in [6.45, 7) is 14.9. The van der Waals surface area contributed by atoms with Crippen LogP contribution >= 0.6 is 0 Å². The van der Waals surface area contributed by atoms with Crippen LogP contribution < -0.4 is 5.32 Å². The van der Waals surface area contributed by atoms with Crippen molar-refractivity contribution in [2.75, 3.05) is 41.5 Å². The molecular weight excluding hydrogens is 795 g/mol. The van der Waals surface area contributed by atoms with Crippen molar-refractivity contribution in [1.82, 2.24) is 15.1 Å². The number of esters is 1. The van der Waals surface area contributed by atoms with Gasteiger partial charge >= 0.3 is 5.97 Å². The number of carbonyl (C=O) groups excluding carboxylic acids is 5. The number of hydrogen-bond acceptors (Lipinski definition) is 9. The third kappa shape index (κ3) is 12.4. The van der Waals surface area contributed by atoms with Crippen molar-refractivity contribution < 1.29 is 38.2 Å². The quantitative estimate of drug-likeness (QED) is 0.0973. The maximum atomic E-state index is 14.5. The molecule has 1 aromatic carbocycles. The van der Waals surface area contributed by atoms with E-state index in [4.69, 9.17) is 14.2 Å². The first-order valence-corrected chi connectivity index (χ1v) is 24.5. The van der Waals surface area contributed by atoms with Gasteiger partial charge < -0.3 is 29.3 Å². The van der Waals surface area contributed by atoms with E-state index in [0.717, 1.165) is 55.4 Å². The lowest BCUT2D eigenvalue weighted by Gasteiger charge is -2.56. The highest BCUT2D eigenvalue weighted by atomic mass is 16.5. The molecule has 0 aromatic heterocycles. The zero-order valence-corrected chi connectivity index (χ0v) is 40.7. The number of ketones is 2. The van der Waals surface area contributed by atoms with Gasteiger partial charge in [-0.15, -0.1) is 0 Å². The highest BCUT2D eigenvalue weighted by Crippen LogP contribution is 2.60. The Balaban J connectivity index is 1.27. The zero-order valence-electron chi connectivity index (χ0n) is 40.7. The van der Waals surface area contributed by atoms with Crippen LogP contribution in [-0.2, 0) is 44.6 Å². The number of Topliss-reactive ketones (excluding diaryl/α,β-unsaturated/α-hetero) is 2. The normalized spacial score (nSPS) is 26.8. The Hall–Kier alpha value is -3.15. The highest BCUT2D eigenvalue weighted by molar-refractivity contribution is 5.90. The van der Waals surface area contributed by atoms with Gasteiger partial charge in [-0.05, 0) is 106 Å². The molecule has 1 N–H and O–H groups in total. The number of amides is 2. The summed E-state index contributed by atoms with van der Waals surface area (Å²) >= 11 is 0. The highest BCUT2D eigenvalue weighted by Gasteiger charge is 2.52. The molecule has 5 fully saturated rings. The van der Waals surface area contributed by atoms with Crippen LogP contribution in [0.15, 0.2) is 30.3 Å². The van der Waals surface area contributed by atoms with E-state index in [2.05, 4.69) is 19.2 Å². The van der Waals surface area contributed by atoms with Crippen LogP contribution in [0, 0.1) is 58.7 Å². The fourth-order valence-electron chi connectivity index (χ4n) is 12.8. The van der Waals surface area contributed by atoms with Crippen molar-refractivity contribution in [2.45, 2.75) is 162 Å². The van der Waals surface area contributed by atoms with E-state index in [-0.39, 0.29) is 83.9 Å². The lowest BCUT2D eigenvalue weighted by atomic mass is 9.50. The summed E-state index contributed by atoms with van der Waals surface area (Å²) in [6.07, 6.45) is 9.08. The van der Waals surface area contributed by atoms with Crippen LogP contribution in [0.4, 0.5) is 0 Å². The molecule has 6 rings (SSSR count). The zero-order chi connectivity index (χ0) is 46.2. The molecule has 1 saturated heterocycles. The minimum Gasteiger partial charge on any atom is -0.465 e. The van der Waals surface area contributed by atoms with Crippen molar-refractivity contribution in [1.29, 1.82) is 0 Å². The second-order valence-electron chi connectivity index (χ2n) is 21.2. The van der Waals surface area contributed by atoms with E-state index in [1.165, 1.54) is 19.3 Å². The molecule has 0 unspecified atom stereocenters. The monoisotopic (exact) mass is 878 g/mol. The standard InChI is InChI=1S/C52H83N3O8/c1-12-34(6)48(54(9)50(59)41(32(2)3)26-44(57)47(53-8)33(4)5)45(61-10)27-46(58)55-20-16-19-42(55)49(62-11)35(7)43(56)25-40(24-36-17-14-13-15-18-36)51(60)63-31-52-28-37-21-38(29-52)23-39(22-37)30-52/h13-15,17-18,32-35,37-42,45,47-49,53H,12,16,19-31H2,1-11H3/t34-,35-,37?,38?,39?,40+,41-,42-,45+,47-,48-,49+,52?/m0/s1. The molecule has 1 aliphatic heterocycles. The van der Waals surface area contributed by atoms with Crippen LogP contribution in [0.1, 0.15) is 131 Å². The number of nitrogens with one attached hydrogen (secondary N) is 1. The second-order valence-corrected chi connectivity index (χ2v) is 21.2. The van der Waals surface area contributed by atoms with E-state index in [1.54, 1.807) is 33.2 Å². The Morgan fingerprint density at radius 2 is 1.46 bits per heavy atom. The summed E-state index contributed by atoms with van der Waals surface area (Å²) in [4.78, 5) is 74.2. The molecule has 1 heterocycles. The summed E-state index contributed by atoms with van der Waals surface area (Å²) in [6, 6.07) is 8.77. The van der Waals surface area contributed by atoms with Crippen molar-refractivity contribution in [3.8, 4) is 0 Å². The van der Waals surface area contributed by atoms with E-state index in [9.17, 15) is 24.0 Å². The van der Waals surface area contributed by atoms with Gasteiger partial charge in [0.25, 0.3) is 0 Å². The topological polar surface area (TPSA) is 132 Å². The fourth-order valence-corrected chi connectivity index (χ4v) is 12.8. The molecule has 9 atom stereocenters. The average Bonchev–Trinajstić information content (AvgIpc) is 3.73. The smallest absolute Gasteiger partial charge is 0.309 e. The molecule has 11 nitrogen and oxygen atoms in total. The van der Waals surface area contributed by atoms with Gasteiger partial charge in [-0.2, -0.15) is 0 Å². The third-order valence-electron chi connectivity index (χ3n) is 16.0. The predicted octanol–water partition coefficient (Wildman–Crippen LogP) is 7.96. The number of likely N-dealkylation sites (N-methyl/N-ethyl adjacent to an activating group) is 2. The number of benzene rings is 1. The summed E-state index contributed by atoms with van der Waals surface area (Å²) < 4.78 is 18.5. The minimum atomic E-state index is -0.622. The molecule has 0 radical (unpaired) electrons. The van der Waals surface area contributed by atoms with Crippen molar-refractivity contribution in [3.05, 3.63) is 35.9 Å². The molecule has 11 heteroatoms. The molecule has 1 aromatic rings. The Morgan fingerprint density at radius 3 is 1.98 bits per heavy atom. The molecule has 354 valence electrons. The SMILES string of the molecule is CC[C@H](C)[C@@H]([C@@H](CC(=O)N1CCC[C@H]1[C@H](OC)[C@@H](C)C(=O)C[C@@H](Cc1ccccc1)C(=O)OCC12CC3CC(CC(C3)C1)C2)OC)N(C)C(=O)[C@@H](CC(=O)[C@@H](NC)C(C)C)C(C)C. The summed E-state index contributed by atoms with van der Waals surface area (Å²) in [5.74, 6) is -0.0118. The van der Waals surface area contributed by atoms with Gasteiger partial charge in [-0.25, -0.2) is 0 Å². The fraction of sp³-hybridized carbons (Fsp3) is 0.788. The number of ether oxygens (including phenoxy) is 3.